The van der Waals surface area contributed by atoms with Gasteiger partial charge in [0.1, 0.15) is 11.6 Å². The minimum Gasteiger partial charge on any atom is -0.490 e. The van der Waals surface area contributed by atoms with Crippen LogP contribution < -0.4 is 10.1 Å². The molecule has 1 aromatic rings. The molecule has 0 spiro atoms. The second-order valence-electron chi connectivity index (χ2n) is 6.34. The molecule has 0 aliphatic heterocycles. The van der Waals surface area contributed by atoms with Crippen molar-refractivity contribution in [1.82, 2.24) is 5.32 Å². The van der Waals surface area contributed by atoms with Crippen LogP contribution in [0, 0.1) is 5.82 Å². The Hall–Kier alpha value is -1.09. The van der Waals surface area contributed by atoms with Crippen LogP contribution in [0.15, 0.2) is 18.2 Å². The molecule has 1 N–H and O–H groups in total. The molecule has 0 unspecified atom stereocenters. The Balaban J connectivity index is 2.10. The molecular weight excluding hydrogens is 241 g/mol. The molecule has 106 valence electrons. The lowest BCUT2D eigenvalue weighted by Gasteiger charge is -2.23. The third-order valence-electron chi connectivity index (χ3n) is 3.47. The van der Waals surface area contributed by atoms with Gasteiger partial charge in [-0.05, 0) is 58.6 Å². The van der Waals surface area contributed by atoms with Gasteiger partial charge in [-0.2, -0.15) is 0 Å². The Kier molecular flexibility index (Phi) is 4.46. The molecule has 2 nitrogen and oxygen atoms in total. The zero-order valence-corrected chi connectivity index (χ0v) is 12.1. The predicted molar refractivity (Wildman–Crippen MR) is 75.9 cm³/mol. The van der Waals surface area contributed by atoms with Gasteiger partial charge in [-0.25, -0.2) is 4.39 Å². The van der Waals surface area contributed by atoms with Gasteiger partial charge in [-0.1, -0.05) is 6.07 Å². The maximum Gasteiger partial charge on any atom is 0.131 e. The Morgan fingerprint density at radius 3 is 2.58 bits per heavy atom. The van der Waals surface area contributed by atoms with Crippen molar-refractivity contribution in [1.29, 1.82) is 0 Å². The van der Waals surface area contributed by atoms with Crippen LogP contribution >= 0.6 is 0 Å². The van der Waals surface area contributed by atoms with E-state index >= 15 is 0 Å². The van der Waals surface area contributed by atoms with Crippen molar-refractivity contribution in [2.24, 2.45) is 0 Å². The molecule has 0 amide bonds. The fourth-order valence-electron chi connectivity index (χ4n) is 2.36. The van der Waals surface area contributed by atoms with Crippen molar-refractivity contribution >= 4 is 0 Å². The molecule has 1 saturated carbocycles. The quantitative estimate of drug-likeness (QED) is 0.887. The van der Waals surface area contributed by atoms with Gasteiger partial charge >= 0.3 is 0 Å². The normalized spacial score (nSPS) is 16.8. The highest BCUT2D eigenvalue weighted by molar-refractivity contribution is 5.35. The monoisotopic (exact) mass is 265 g/mol. The first-order valence-electron chi connectivity index (χ1n) is 7.15. The summed E-state index contributed by atoms with van der Waals surface area (Å²) < 4.78 is 20.0. The van der Waals surface area contributed by atoms with Crippen molar-refractivity contribution in [3.63, 3.8) is 0 Å². The van der Waals surface area contributed by atoms with Gasteiger partial charge in [0, 0.05) is 17.6 Å². The highest BCUT2D eigenvalue weighted by Gasteiger charge is 2.20. The molecule has 0 bridgehead atoms. The van der Waals surface area contributed by atoms with E-state index in [-0.39, 0.29) is 17.5 Å². The van der Waals surface area contributed by atoms with Crippen LogP contribution in [-0.2, 0) is 6.54 Å². The average molecular weight is 265 g/mol. The van der Waals surface area contributed by atoms with E-state index in [1.165, 1.54) is 18.9 Å². The summed E-state index contributed by atoms with van der Waals surface area (Å²) in [6, 6.07) is 5.10. The maximum absolute atomic E-state index is 14.0. The highest BCUT2D eigenvalue weighted by atomic mass is 19.1. The lowest BCUT2D eigenvalue weighted by molar-refractivity contribution is 0.206. The predicted octanol–water partition coefficient (Wildman–Crippen LogP) is 4.04. The zero-order valence-electron chi connectivity index (χ0n) is 12.1. The van der Waals surface area contributed by atoms with E-state index in [0.717, 1.165) is 12.8 Å². The number of nitrogens with one attached hydrogen (secondary N) is 1. The van der Waals surface area contributed by atoms with E-state index in [0.29, 0.717) is 17.9 Å². The van der Waals surface area contributed by atoms with Crippen LogP contribution in [0.25, 0.3) is 0 Å². The summed E-state index contributed by atoms with van der Waals surface area (Å²) in [4.78, 5) is 0. The van der Waals surface area contributed by atoms with E-state index in [1.54, 1.807) is 6.07 Å². The van der Waals surface area contributed by atoms with Crippen molar-refractivity contribution in [2.75, 3.05) is 0 Å². The van der Waals surface area contributed by atoms with Crippen molar-refractivity contribution in [3.8, 4) is 5.75 Å². The molecule has 0 atom stereocenters. The van der Waals surface area contributed by atoms with Crippen LogP contribution in [0.3, 0.4) is 0 Å². The number of hydrogen-bond acceptors (Lipinski definition) is 2. The summed E-state index contributed by atoms with van der Waals surface area (Å²) in [5, 5.41) is 3.32. The van der Waals surface area contributed by atoms with E-state index < -0.39 is 0 Å². The molecule has 1 aromatic carbocycles. The van der Waals surface area contributed by atoms with E-state index in [1.807, 2.05) is 6.07 Å². The first-order chi connectivity index (χ1) is 8.96. The molecule has 1 aliphatic rings. The van der Waals surface area contributed by atoms with Gasteiger partial charge in [-0.15, -0.1) is 0 Å². The fourth-order valence-corrected chi connectivity index (χ4v) is 2.36. The first kappa shape index (κ1) is 14.3. The first-order valence-corrected chi connectivity index (χ1v) is 7.15. The standard InChI is InChI=1S/C16H24FNO/c1-16(2,3)18-11-13-14(17)9-6-10-15(13)19-12-7-4-5-8-12/h6,9-10,12,18H,4-5,7-8,11H2,1-3H3. The van der Waals surface area contributed by atoms with Gasteiger partial charge in [-0.3, -0.25) is 0 Å². The number of hydrogen-bond donors (Lipinski definition) is 1. The molecule has 0 saturated heterocycles. The van der Waals surface area contributed by atoms with E-state index in [4.69, 9.17) is 4.74 Å². The number of halogens is 1. The molecule has 1 fully saturated rings. The molecule has 2 rings (SSSR count). The van der Waals surface area contributed by atoms with Crippen LogP contribution in [0.5, 0.6) is 5.75 Å². The second-order valence-corrected chi connectivity index (χ2v) is 6.34. The third-order valence-corrected chi connectivity index (χ3v) is 3.47. The molecular formula is C16H24FNO. The van der Waals surface area contributed by atoms with Crippen LogP contribution in [0.4, 0.5) is 4.39 Å². The minimum atomic E-state index is -0.188. The summed E-state index contributed by atoms with van der Waals surface area (Å²) in [6.45, 7) is 6.72. The third kappa shape index (κ3) is 4.20. The summed E-state index contributed by atoms with van der Waals surface area (Å²) in [6.07, 6.45) is 4.87. The summed E-state index contributed by atoms with van der Waals surface area (Å²) in [7, 11) is 0. The second kappa shape index (κ2) is 5.91. The minimum absolute atomic E-state index is 0.0348. The smallest absolute Gasteiger partial charge is 0.131 e. The maximum atomic E-state index is 14.0. The molecule has 19 heavy (non-hydrogen) atoms. The fraction of sp³-hybridized carbons (Fsp3) is 0.625. The van der Waals surface area contributed by atoms with Gasteiger partial charge < -0.3 is 10.1 Å². The van der Waals surface area contributed by atoms with Crippen LogP contribution in [0.2, 0.25) is 0 Å². The number of rotatable bonds is 4. The molecule has 0 heterocycles. The Bertz CT molecular complexity index is 419. The lowest BCUT2D eigenvalue weighted by atomic mass is 10.1. The van der Waals surface area contributed by atoms with Crippen LogP contribution in [0.1, 0.15) is 52.0 Å². The lowest BCUT2D eigenvalue weighted by Crippen LogP contribution is -2.35. The van der Waals surface area contributed by atoms with Gasteiger partial charge in [0.15, 0.2) is 0 Å². The highest BCUT2D eigenvalue weighted by Crippen LogP contribution is 2.28. The summed E-state index contributed by atoms with van der Waals surface area (Å²) in [5.41, 5.74) is 0.608. The van der Waals surface area contributed by atoms with Crippen molar-refractivity contribution < 1.29 is 9.13 Å². The molecule has 0 aromatic heterocycles. The summed E-state index contributed by atoms with van der Waals surface area (Å²) in [5.74, 6) is 0.510. The van der Waals surface area contributed by atoms with Crippen molar-refractivity contribution in [3.05, 3.63) is 29.6 Å². The largest absolute Gasteiger partial charge is 0.490 e. The van der Waals surface area contributed by atoms with E-state index in [2.05, 4.69) is 26.1 Å². The zero-order chi connectivity index (χ0) is 13.9. The molecule has 1 aliphatic carbocycles. The van der Waals surface area contributed by atoms with Crippen molar-refractivity contribution in [2.45, 2.75) is 64.6 Å². The van der Waals surface area contributed by atoms with Gasteiger partial charge in [0.2, 0.25) is 0 Å². The average Bonchev–Trinajstić information content (AvgIpc) is 2.79. The van der Waals surface area contributed by atoms with Gasteiger partial charge in [0.25, 0.3) is 0 Å². The van der Waals surface area contributed by atoms with E-state index in [9.17, 15) is 4.39 Å². The molecule has 0 radical (unpaired) electrons. The Morgan fingerprint density at radius 1 is 1.26 bits per heavy atom. The van der Waals surface area contributed by atoms with Crippen LogP contribution in [-0.4, -0.2) is 11.6 Å². The number of ether oxygens (including phenoxy) is 1. The summed E-state index contributed by atoms with van der Waals surface area (Å²) >= 11 is 0. The number of benzene rings is 1. The topological polar surface area (TPSA) is 21.3 Å². The molecule has 3 heteroatoms. The Morgan fingerprint density at radius 2 is 1.95 bits per heavy atom. The SMILES string of the molecule is CC(C)(C)NCc1c(F)cccc1OC1CCCC1. The van der Waals surface area contributed by atoms with Gasteiger partial charge in [0.05, 0.1) is 6.10 Å². The Labute approximate surface area is 115 Å².